The van der Waals surface area contributed by atoms with Gasteiger partial charge in [-0.15, -0.1) is 0 Å². The van der Waals surface area contributed by atoms with Crippen LogP contribution in [0.5, 0.6) is 5.75 Å². The molecule has 0 aliphatic rings. The Kier molecular flexibility index (Phi) is 9.23. The van der Waals surface area contributed by atoms with E-state index in [-0.39, 0.29) is 12.2 Å². The lowest BCUT2D eigenvalue weighted by Gasteiger charge is -2.19. The van der Waals surface area contributed by atoms with Gasteiger partial charge < -0.3 is 37.0 Å². The standard InChI is InChI=1S/C18H24N4O8/c1-9(19)16(27)22-12(7-15(25)26)17(28)20-8-14(24)21-13(18(29)30)6-10-2-4-11(23)5-3-10/h2-5,9,12-13,23H,6-8,19H2,1H3,(H,20,28)(H,21,24)(H,22,27)(H,25,26)(H,29,30). The highest BCUT2D eigenvalue weighted by Gasteiger charge is 2.26. The highest BCUT2D eigenvalue weighted by molar-refractivity contribution is 5.94. The van der Waals surface area contributed by atoms with Gasteiger partial charge in [0.1, 0.15) is 17.8 Å². The number of carboxylic acid groups (broad SMARTS) is 2. The minimum Gasteiger partial charge on any atom is -0.508 e. The molecule has 12 heteroatoms. The van der Waals surface area contributed by atoms with E-state index in [1.165, 1.54) is 31.2 Å². The van der Waals surface area contributed by atoms with E-state index in [2.05, 4.69) is 16.0 Å². The molecule has 0 spiro atoms. The molecule has 0 saturated heterocycles. The van der Waals surface area contributed by atoms with Gasteiger partial charge in [0.2, 0.25) is 17.7 Å². The number of nitrogens with one attached hydrogen (secondary N) is 3. The maximum Gasteiger partial charge on any atom is 0.326 e. The molecule has 0 fully saturated rings. The molecule has 30 heavy (non-hydrogen) atoms. The molecule has 12 nitrogen and oxygen atoms in total. The summed E-state index contributed by atoms with van der Waals surface area (Å²) in [5.41, 5.74) is 5.91. The van der Waals surface area contributed by atoms with Gasteiger partial charge in [-0.1, -0.05) is 12.1 Å². The number of phenolic OH excluding ortho intramolecular Hbond substituents is 1. The van der Waals surface area contributed by atoms with E-state index >= 15 is 0 Å². The van der Waals surface area contributed by atoms with Crippen molar-refractivity contribution in [1.29, 1.82) is 0 Å². The number of phenols is 1. The quantitative estimate of drug-likeness (QED) is 0.208. The normalized spacial score (nSPS) is 13.4. The molecule has 0 heterocycles. The largest absolute Gasteiger partial charge is 0.508 e. The zero-order valence-electron chi connectivity index (χ0n) is 16.1. The summed E-state index contributed by atoms with van der Waals surface area (Å²) in [5, 5.41) is 34.0. The monoisotopic (exact) mass is 424 g/mol. The number of carboxylic acids is 2. The fourth-order valence-corrected chi connectivity index (χ4v) is 2.29. The van der Waals surface area contributed by atoms with Crippen molar-refractivity contribution in [2.24, 2.45) is 5.73 Å². The van der Waals surface area contributed by atoms with Gasteiger partial charge in [0, 0.05) is 6.42 Å². The Morgan fingerprint density at radius 2 is 1.57 bits per heavy atom. The first-order valence-electron chi connectivity index (χ1n) is 8.85. The fraction of sp³-hybridized carbons (Fsp3) is 0.389. The Morgan fingerprint density at radius 1 is 0.967 bits per heavy atom. The van der Waals surface area contributed by atoms with Crippen molar-refractivity contribution in [1.82, 2.24) is 16.0 Å². The number of hydrogen-bond acceptors (Lipinski definition) is 7. The molecule has 0 bridgehead atoms. The predicted molar refractivity (Wildman–Crippen MR) is 102 cm³/mol. The summed E-state index contributed by atoms with van der Waals surface area (Å²) in [6.45, 7) is 0.709. The second kappa shape index (κ2) is 11.4. The molecule has 164 valence electrons. The fourth-order valence-electron chi connectivity index (χ4n) is 2.29. The Labute approximate surface area is 171 Å². The first-order valence-corrected chi connectivity index (χ1v) is 8.85. The van der Waals surface area contributed by atoms with Crippen molar-refractivity contribution in [3.8, 4) is 5.75 Å². The van der Waals surface area contributed by atoms with Gasteiger partial charge in [-0.25, -0.2) is 4.79 Å². The molecule has 3 unspecified atom stereocenters. The predicted octanol–water partition coefficient (Wildman–Crippen LogP) is -2.07. The molecule has 3 atom stereocenters. The van der Waals surface area contributed by atoms with Crippen molar-refractivity contribution in [3.05, 3.63) is 29.8 Å². The number of carbonyl (C=O) groups is 5. The van der Waals surface area contributed by atoms with Crippen molar-refractivity contribution in [2.45, 2.75) is 37.9 Å². The summed E-state index contributed by atoms with van der Waals surface area (Å²) in [6.07, 6.45) is -0.800. The number of amides is 3. The van der Waals surface area contributed by atoms with E-state index in [1.54, 1.807) is 0 Å². The molecule has 0 aromatic heterocycles. The van der Waals surface area contributed by atoms with Crippen LogP contribution in [0, 0.1) is 0 Å². The van der Waals surface area contributed by atoms with Gasteiger partial charge in [0.05, 0.1) is 19.0 Å². The SMILES string of the molecule is CC(N)C(=O)NC(CC(=O)O)C(=O)NCC(=O)NC(Cc1ccc(O)cc1)C(=O)O. The zero-order valence-corrected chi connectivity index (χ0v) is 16.1. The lowest BCUT2D eigenvalue weighted by Crippen LogP contribution is -2.53. The van der Waals surface area contributed by atoms with Crippen LogP contribution in [-0.2, 0) is 30.4 Å². The average molecular weight is 424 g/mol. The molecule has 0 saturated carbocycles. The smallest absolute Gasteiger partial charge is 0.326 e. The number of aliphatic carboxylic acids is 2. The molecule has 1 rings (SSSR count). The highest BCUT2D eigenvalue weighted by Crippen LogP contribution is 2.11. The van der Waals surface area contributed by atoms with Crippen LogP contribution >= 0.6 is 0 Å². The second-order valence-corrected chi connectivity index (χ2v) is 6.49. The average Bonchev–Trinajstić information content (AvgIpc) is 2.66. The van der Waals surface area contributed by atoms with Gasteiger partial charge >= 0.3 is 11.9 Å². The molecule has 0 aliphatic heterocycles. The molecule has 8 N–H and O–H groups in total. The van der Waals surface area contributed by atoms with E-state index in [4.69, 9.17) is 10.8 Å². The van der Waals surface area contributed by atoms with Crippen LogP contribution in [0.25, 0.3) is 0 Å². The minimum absolute atomic E-state index is 0.00408. The summed E-state index contributed by atoms with van der Waals surface area (Å²) in [4.78, 5) is 58.1. The van der Waals surface area contributed by atoms with E-state index < -0.39 is 60.8 Å². The Hall–Kier alpha value is -3.67. The molecule has 0 radical (unpaired) electrons. The second-order valence-electron chi connectivity index (χ2n) is 6.49. The van der Waals surface area contributed by atoms with Gasteiger partial charge in [-0.3, -0.25) is 19.2 Å². The maximum absolute atomic E-state index is 12.1. The molecular formula is C18H24N4O8. The van der Waals surface area contributed by atoms with Crippen LogP contribution in [0.2, 0.25) is 0 Å². The lowest BCUT2D eigenvalue weighted by atomic mass is 10.1. The van der Waals surface area contributed by atoms with Crippen molar-refractivity contribution in [2.75, 3.05) is 6.54 Å². The summed E-state index contributed by atoms with van der Waals surface area (Å²) < 4.78 is 0. The summed E-state index contributed by atoms with van der Waals surface area (Å²) in [7, 11) is 0. The van der Waals surface area contributed by atoms with Crippen LogP contribution < -0.4 is 21.7 Å². The zero-order chi connectivity index (χ0) is 22.8. The first-order chi connectivity index (χ1) is 14.0. The summed E-state index contributed by atoms with van der Waals surface area (Å²) in [6, 6.07) is 2.00. The van der Waals surface area contributed by atoms with Gasteiger partial charge in [-0.2, -0.15) is 0 Å². The van der Waals surface area contributed by atoms with E-state index in [9.17, 15) is 34.2 Å². The Balaban J connectivity index is 2.66. The third-order valence-corrected chi connectivity index (χ3v) is 3.86. The number of aromatic hydroxyl groups is 1. The molecule has 1 aromatic carbocycles. The summed E-state index contributed by atoms with van der Waals surface area (Å²) >= 11 is 0. The van der Waals surface area contributed by atoms with Crippen molar-refractivity contribution >= 4 is 29.7 Å². The first kappa shape index (κ1) is 24.4. The van der Waals surface area contributed by atoms with E-state index in [0.29, 0.717) is 5.56 Å². The molecule has 1 aromatic rings. The number of benzene rings is 1. The van der Waals surface area contributed by atoms with Gasteiger partial charge in [0.25, 0.3) is 0 Å². The van der Waals surface area contributed by atoms with Crippen molar-refractivity contribution in [3.63, 3.8) is 0 Å². The number of nitrogens with two attached hydrogens (primary N) is 1. The third kappa shape index (κ3) is 8.56. The van der Waals surface area contributed by atoms with Crippen molar-refractivity contribution < 1.29 is 39.3 Å². The van der Waals surface area contributed by atoms with Crippen LogP contribution in [0.4, 0.5) is 0 Å². The lowest BCUT2D eigenvalue weighted by molar-refractivity contribution is -0.142. The van der Waals surface area contributed by atoms with Gasteiger partial charge in [-0.05, 0) is 24.6 Å². The molecule has 3 amide bonds. The van der Waals surface area contributed by atoms with Crippen LogP contribution in [0.1, 0.15) is 18.9 Å². The summed E-state index contributed by atoms with van der Waals surface area (Å²) in [5.74, 6) is -5.18. The molecule has 0 aliphatic carbocycles. The van der Waals surface area contributed by atoms with Crippen LogP contribution in [0.3, 0.4) is 0 Å². The van der Waals surface area contributed by atoms with Crippen LogP contribution in [0.15, 0.2) is 24.3 Å². The molecular weight excluding hydrogens is 400 g/mol. The minimum atomic E-state index is -1.46. The Bertz CT molecular complexity index is 794. The number of carbonyl (C=O) groups excluding carboxylic acids is 3. The number of rotatable bonds is 11. The Morgan fingerprint density at radius 3 is 2.07 bits per heavy atom. The van der Waals surface area contributed by atoms with Crippen LogP contribution in [-0.4, -0.2) is 69.7 Å². The van der Waals surface area contributed by atoms with E-state index in [1.807, 2.05) is 0 Å². The third-order valence-electron chi connectivity index (χ3n) is 3.86. The maximum atomic E-state index is 12.1. The number of hydrogen-bond donors (Lipinski definition) is 7. The van der Waals surface area contributed by atoms with Gasteiger partial charge in [0.15, 0.2) is 0 Å². The van der Waals surface area contributed by atoms with E-state index in [0.717, 1.165) is 0 Å². The topological polar surface area (TPSA) is 208 Å². The highest BCUT2D eigenvalue weighted by atomic mass is 16.4.